The van der Waals surface area contributed by atoms with Crippen LogP contribution in [0, 0.1) is 17.0 Å². The number of aryl methyl sites for hydroxylation is 1. The molecule has 2 aromatic rings. The second-order valence-electron chi connectivity index (χ2n) is 6.99. The van der Waals surface area contributed by atoms with Crippen molar-refractivity contribution >= 4 is 27.8 Å². The Balaban J connectivity index is 2.33. The van der Waals surface area contributed by atoms with Crippen LogP contribution in [0.4, 0.5) is 5.69 Å². The van der Waals surface area contributed by atoms with Crippen LogP contribution in [0.25, 0.3) is 6.08 Å². The number of nitro benzene ring substituents is 1. The summed E-state index contributed by atoms with van der Waals surface area (Å²) in [6, 6.07) is 11.7. The maximum Gasteiger partial charge on any atom is 0.308 e. The molecule has 0 heterocycles. The average Bonchev–Trinajstić information content (AvgIpc) is 2.66. The zero-order chi connectivity index (χ0) is 22.3. The molecule has 8 nitrogen and oxygen atoms in total. The SMILES string of the molecule is Cc1ccc(C=CS(=O)(=O)NC(CC(=O)OC(C)C)c2ccccc2[N+](=O)[O-])cc1. The molecule has 0 aliphatic heterocycles. The van der Waals surface area contributed by atoms with Crippen LogP contribution in [0.2, 0.25) is 0 Å². The molecule has 2 aromatic carbocycles. The van der Waals surface area contributed by atoms with Crippen LogP contribution in [0.1, 0.15) is 43.0 Å². The average molecular weight is 432 g/mol. The van der Waals surface area contributed by atoms with Gasteiger partial charge in [-0.3, -0.25) is 14.9 Å². The first kappa shape index (κ1) is 23.2. The number of nitro groups is 1. The molecule has 9 heteroatoms. The first-order valence-electron chi connectivity index (χ1n) is 9.27. The van der Waals surface area contributed by atoms with Gasteiger partial charge in [0.15, 0.2) is 0 Å². The number of hydrogen-bond acceptors (Lipinski definition) is 6. The monoisotopic (exact) mass is 432 g/mol. The van der Waals surface area contributed by atoms with Gasteiger partial charge in [-0.25, -0.2) is 13.1 Å². The highest BCUT2D eigenvalue weighted by Crippen LogP contribution is 2.28. The predicted octanol–water partition coefficient (Wildman–Crippen LogP) is 3.88. The number of ether oxygens (including phenoxy) is 1. The van der Waals surface area contributed by atoms with Gasteiger partial charge in [0, 0.05) is 17.0 Å². The van der Waals surface area contributed by atoms with E-state index in [0.29, 0.717) is 5.56 Å². The van der Waals surface area contributed by atoms with Gasteiger partial charge in [-0.2, -0.15) is 0 Å². The molecular weight excluding hydrogens is 408 g/mol. The van der Waals surface area contributed by atoms with E-state index in [9.17, 15) is 23.3 Å². The Morgan fingerprint density at radius 1 is 1.17 bits per heavy atom. The molecule has 30 heavy (non-hydrogen) atoms. The molecule has 0 spiro atoms. The minimum Gasteiger partial charge on any atom is -0.463 e. The van der Waals surface area contributed by atoms with E-state index in [1.165, 1.54) is 24.3 Å². The zero-order valence-electron chi connectivity index (χ0n) is 16.9. The van der Waals surface area contributed by atoms with Crippen molar-refractivity contribution in [2.45, 2.75) is 39.3 Å². The number of para-hydroxylation sites is 1. The van der Waals surface area contributed by atoms with Crippen LogP contribution in [0.5, 0.6) is 0 Å². The number of nitrogens with zero attached hydrogens (tertiary/aromatic N) is 1. The Morgan fingerprint density at radius 3 is 2.40 bits per heavy atom. The fourth-order valence-electron chi connectivity index (χ4n) is 2.72. The lowest BCUT2D eigenvalue weighted by atomic mass is 10.0. The summed E-state index contributed by atoms with van der Waals surface area (Å²) >= 11 is 0. The van der Waals surface area contributed by atoms with Gasteiger partial charge in [0.05, 0.1) is 23.5 Å². The molecule has 0 saturated heterocycles. The van der Waals surface area contributed by atoms with Crippen molar-refractivity contribution in [3.8, 4) is 0 Å². The fourth-order valence-corrected chi connectivity index (χ4v) is 3.75. The van der Waals surface area contributed by atoms with Gasteiger partial charge in [-0.05, 0) is 32.4 Å². The summed E-state index contributed by atoms with van der Waals surface area (Å²) in [7, 11) is -4.01. The number of rotatable bonds is 9. The Morgan fingerprint density at radius 2 is 1.80 bits per heavy atom. The predicted molar refractivity (Wildman–Crippen MR) is 114 cm³/mol. The summed E-state index contributed by atoms with van der Waals surface area (Å²) in [5, 5.41) is 12.4. The lowest BCUT2D eigenvalue weighted by Gasteiger charge is -2.18. The molecule has 0 aromatic heterocycles. The maximum atomic E-state index is 12.6. The van der Waals surface area contributed by atoms with Crippen molar-refractivity contribution in [2.24, 2.45) is 0 Å². The normalized spacial score (nSPS) is 12.8. The van der Waals surface area contributed by atoms with Gasteiger partial charge >= 0.3 is 5.97 Å². The highest BCUT2D eigenvalue weighted by atomic mass is 32.2. The van der Waals surface area contributed by atoms with Crippen molar-refractivity contribution < 1.29 is 22.9 Å². The van der Waals surface area contributed by atoms with Gasteiger partial charge in [0.1, 0.15) is 0 Å². The summed E-state index contributed by atoms with van der Waals surface area (Å²) in [4.78, 5) is 22.9. The zero-order valence-corrected chi connectivity index (χ0v) is 17.8. The fraction of sp³-hybridized carbons (Fsp3) is 0.286. The van der Waals surface area contributed by atoms with Gasteiger partial charge < -0.3 is 4.74 Å². The molecule has 1 N–H and O–H groups in total. The Hall–Kier alpha value is -3.04. The van der Waals surface area contributed by atoms with E-state index < -0.39 is 33.1 Å². The number of sulfonamides is 1. The van der Waals surface area contributed by atoms with Crippen LogP contribution in [0.15, 0.2) is 53.9 Å². The largest absolute Gasteiger partial charge is 0.463 e. The number of nitrogens with one attached hydrogen (secondary N) is 1. The van der Waals surface area contributed by atoms with Gasteiger partial charge in [-0.15, -0.1) is 0 Å². The molecule has 0 fully saturated rings. The van der Waals surface area contributed by atoms with E-state index in [0.717, 1.165) is 11.0 Å². The van der Waals surface area contributed by atoms with Crippen LogP contribution in [0.3, 0.4) is 0 Å². The van der Waals surface area contributed by atoms with Gasteiger partial charge in [0.2, 0.25) is 10.0 Å². The molecular formula is C21H24N2O6S. The summed E-state index contributed by atoms with van der Waals surface area (Å²) in [5.74, 6) is -0.668. The molecule has 0 aliphatic rings. The van der Waals surface area contributed by atoms with E-state index in [1.807, 2.05) is 19.1 Å². The molecule has 160 valence electrons. The maximum absolute atomic E-state index is 12.6. The Labute approximate surface area is 175 Å². The van der Waals surface area contributed by atoms with Crippen molar-refractivity contribution in [3.63, 3.8) is 0 Å². The summed E-state index contributed by atoms with van der Waals surface area (Å²) < 4.78 is 32.7. The highest BCUT2D eigenvalue weighted by Gasteiger charge is 2.28. The van der Waals surface area contributed by atoms with E-state index in [1.54, 1.807) is 32.0 Å². The minimum atomic E-state index is -4.01. The second-order valence-corrected chi connectivity index (χ2v) is 8.59. The van der Waals surface area contributed by atoms with Gasteiger partial charge in [0.25, 0.3) is 5.69 Å². The van der Waals surface area contributed by atoms with Crippen LogP contribution >= 0.6 is 0 Å². The molecule has 0 saturated carbocycles. The standard InChI is InChI=1S/C21H24N2O6S/c1-15(2)29-21(24)14-19(18-6-4-5-7-20(18)23(25)26)22-30(27,28)13-12-17-10-8-16(3)9-11-17/h4-13,15,19,22H,14H2,1-3H3. The van der Waals surface area contributed by atoms with Crippen LogP contribution < -0.4 is 4.72 Å². The first-order chi connectivity index (χ1) is 14.1. The number of benzene rings is 2. The molecule has 0 amide bonds. The van der Waals surface area contributed by atoms with Crippen molar-refractivity contribution in [3.05, 3.63) is 80.7 Å². The smallest absolute Gasteiger partial charge is 0.308 e. The van der Waals surface area contributed by atoms with Crippen molar-refractivity contribution in [2.75, 3.05) is 0 Å². The summed E-state index contributed by atoms with van der Waals surface area (Å²) in [5.41, 5.74) is 1.50. The minimum absolute atomic E-state index is 0.0792. The molecule has 2 rings (SSSR count). The van der Waals surface area contributed by atoms with Crippen molar-refractivity contribution in [1.82, 2.24) is 4.72 Å². The lowest BCUT2D eigenvalue weighted by molar-refractivity contribution is -0.385. The number of carbonyl (C=O) groups is 1. The topological polar surface area (TPSA) is 116 Å². The number of hydrogen-bond donors (Lipinski definition) is 1. The third kappa shape index (κ3) is 7.09. The number of esters is 1. The number of carbonyl (C=O) groups excluding carboxylic acids is 1. The third-order valence-electron chi connectivity index (χ3n) is 4.07. The molecule has 0 radical (unpaired) electrons. The molecule has 1 atom stereocenters. The van der Waals surface area contributed by atoms with E-state index in [4.69, 9.17) is 4.74 Å². The first-order valence-corrected chi connectivity index (χ1v) is 10.8. The molecule has 1 unspecified atom stereocenters. The Bertz CT molecular complexity index is 1030. The van der Waals surface area contributed by atoms with Crippen molar-refractivity contribution in [1.29, 1.82) is 0 Å². The van der Waals surface area contributed by atoms with E-state index in [2.05, 4.69) is 4.72 Å². The van der Waals surface area contributed by atoms with Crippen LogP contribution in [-0.4, -0.2) is 25.4 Å². The summed E-state index contributed by atoms with van der Waals surface area (Å²) in [6.07, 6.45) is 0.618. The quantitative estimate of drug-likeness (QED) is 0.365. The highest BCUT2D eigenvalue weighted by molar-refractivity contribution is 7.92. The lowest BCUT2D eigenvalue weighted by Crippen LogP contribution is -2.30. The third-order valence-corrected chi connectivity index (χ3v) is 5.18. The van der Waals surface area contributed by atoms with E-state index in [-0.39, 0.29) is 17.7 Å². The van der Waals surface area contributed by atoms with Crippen LogP contribution in [-0.2, 0) is 19.6 Å². The molecule has 0 aliphatic carbocycles. The van der Waals surface area contributed by atoms with Gasteiger partial charge in [-0.1, -0.05) is 48.0 Å². The Kier molecular flexibility index (Phi) is 7.85. The summed E-state index contributed by atoms with van der Waals surface area (Å²) in [6.45, 7) is 5.23. The second kappa shape index (κ2) is 10.1. The molecule has 0 bridgehead atoms. The van der Waals surface area contributed by atoms with E-state index >= 15 is 0 Å².